The van der Waals surface area contributed by atoms with Gasteiger partial charge in [-0.3, -0.25) is 0 Å². The summed E-state index contributed by atoms with van der Waals surface area (Å²) in [7, 11) is 0. The number of nitrogens with zero attached hydrogens (tertiary/aromatic N) is 5. The second kappa shape index (κ2) is 17.8. The summed E-state index contributed by atoms with van der Waals surface area (Å²) in [6.45, 7) is 24.8. The van der Waals surface area contributed by atoms with Crippen molar-refractivity contribution < 1.29 is 13.5 Å². The normalized spacial score (nSPS) is 10.5. The van der Waals surface area contributed by atoms with Crippen molar-refractivity contribution in [3.05, 3.63) is 41.0 Å². The minimum atomic E-state index is 0. The summed E-state index contributed by atoms with van der Waals surface area (Å²) in [4.78, 5) is 4.23. The molecular formula is C28H55N5O3. The van der Waals surface area contributed by atoms with E-state index in [-0.39, 0.29) is 22.3 Å². The third-order valence-corrected chi connectivity index (χ3v) is 4.62. The monoisotopic (exact) mass is 509 g/mol. The first-order valence-corrected chi connectivity index (χ1v) is 12.0. The Hall–Kier alpha value is -2.51. The maximum Gasteiger partial charge on any atom is 0.229 e. The minimum absolute atomic E-state index is 0. The van der Waals surface area contributed by atoms with Gasteiger partial charge in [0.15, 0.2) is 5.82 Å². The minimum Gasteiger partial charge on any atom is -0.425 e. The first kappa shape index (κ1) is 38.0. The zero-order valence-corrected chi connectivity index (χ0v) is 22.5. The maximum atomic E-state index is 5.38. The average molecular weight is 510 g/mol. The SMILES string of the molecule is C.C.C.CC(C)c1cc(C(C)C)on1.CC(C)c1nnc(C(C)C)o1.CC(C)c1noc(C(C)C)n1. The molecule has 3 heterocycles. The Kier molecular flexibility index (Phi) is 18.9. The van der Waals surface area contributed by atoms with E-state index in [1.807, 2.05) is 47.6 Å². The molecule has 0 unspecified atom stereocenters. The summed E-state index contributed by atoms with van der Waals surface area (Å²) < 4.78 is 15.5. The predicted molar refractivity (Wildman–Crippen MR) is 150 cm³/mol. The number of hydrogen-bond acceptors (Lipinski definition) is 8. The molecule has 0 aliphatic rings. The van der Waals surface area contributed by atoms with Crippen molar-refractivity contribution in [3.8, 4) is 0 Å². The summed E-state index contributed by atoms with van der Waals surface area (Å²) in [5.41, 5.74) is 1.05. The van der Waals surface area contributed by atoms with Gasteiger partial charge in [0, 0.05) is 35.7 Å². The van der Waals surface area contributed by atoms with Gasteiger partial charge in [-0.15, -0.1) is 10.2 Å². The van der Waals surface area contributed by atoms with Crippen LogP contribution in [0.5, 0.6) is 0 Å². The summed E-state index contributed by atoms with van der Waals surface area (Å²) in [6.07, 6.45) is 0. The first-order valence-electron chi connectivity index (χ1n) is 12.0. The second-order valence-corrected chi connectivity index (χ2v) is 10.1. The molecule has 0 N–H and O–H groups in total. The molecule has 3 rings (SSSR count). The number of hydrogen-bond donors (Lipinski definition) is 0. The third-order valence-electron chi connectivity index (χ3n) is 4.62. The van der Waals surface area contributed by atoms with Gasteiger partial charge >= 0.3 is 0 Å². The van der Waals surface area contributed by atoms with Crippen molar-refractivity contribution >= 4 is 0 Å². The van der Waals surface area contributed by atoms with E-state index in [2.05, 4.69) is 67.0 Å². The van der Waals surface area contributed by atoms with Crippen LogP contribution in [0.25, 0.3) is 0 Å². The molecule has 0 fully saturated rings. The van der Waals surface area contributed by atoms with Gasteiger partial charge in [-0.05, 0) is 5.92 Å². The van der Waals surface area contributed by atoms with E-state index in [4.69, 9.17) is 13.5 Å². The highest BCUT2D eigenvalue weighted by Crippen LogP contribution is 2.20. The highest BCUT2D eigenvalue weighted by atomic mass is 16.5. The topological polar surface area (TPSA) is 104 Å². The van der Waals surface area contributed by atoms with Crippen molar-refractivity contribution in [1.29, 1.82) is 0 Å². The number of aromatic nitrogens is 5. The lowest BCUT2D eigenvalue weighted by Crippen LogP contribution is -1.91. The fraction of sp³-hybridized carbons (Fsp3) is 0.750. The van der Waals surface area contributed by atoms with E-state index in [1.165, 1.54) is 0 Å². The fourth-order valence-corrected chi connectivity index (χ4v) is 2.28. The molecule has 8 heteroatoms. The Morgan fingerprint density at radius 1 is 0.528 bits per heavy atom. The Labute approximate surface area is 221 Å². The van der Waals surface area contributed by atoms with Gasteiger partial charge in [-0.2, -0.15) is 4.98 Å². The largest absolute Gasteiger partial charge is 0.425 e. The molecule has 36 heavy (non-hydrogen) atoms. The fourth-order valence-electron chi connectivity index (χ4n) is 2.28. The van der Waals surface area contributed by atoms with Gasteiger partial charge in [-0.1, -0.05) is 116 Å². The molecule has 0 bridgehead atoms. The molecule has 8 nitrogen and oxygen atoms in total. The smallest absolute Gasteiger partial charge is 0.229 e. The lowest BCUT2D eigenvalue weighted by atomic mass is 10.1. The Balaban J connectivity index is -0.000000436. The highest BCUT2D eigenvalue weighted by Gasteiger charge is 2.12. The number of rotatable bonds is 6. The highest BCUT2D eigenvalue weighted by molar-refractivity contribution is 5.11. The van der Waals surface area contributed by atoms with E-state index in [0.29, 0.717) is 35.5 Å². The molecule has 0 spiro atoms. The molecule has 0 saturated carbocycles. The maximum absolute atomic E-state index is 5.38. The summed E-state index contributed by atoms with van der Waals surface area (Å²) >= 11 is 0. The van der Waals surface area contributed by atoms with Crippen molar-refractivity contribution in [2.75, 3.05) is 0 Å². The molecule has 0 aliphatic heterocycles. The van der Waals surface area contributed by atoms with E-state index >= 15 is 0 Å². The molecule has 0 radical (unpaired) electrons. The lowest BCUT2D eigenvalue weighted by molar-refractivity contribution is 0.359. The summed E-state index contributed by atoms with van der Waals surface area (Å²) in [6, 6.07) is 2.04. The molecule has 0 aromatic carbocycles. The Bertz CT molecular complexity index is 734. The summed E-state index contributed by atoms with van der Waals surface area (Å²) in [5, 5.41) is 15.7. The third kappa shape index (κ3) is 12.5. The van der Waals surface area contributed by atoms with Crippen LogP contribution in [0.4, 0.5) is 0 Å². The van der Waals surface area contributed by atoms with Gasteiger partial charge in [0.2, 0.25) is 17.7 Å². The van der Waals surface area contributed by atoms with Crippen LogP contribution in [0, 0.1) is 0 Å². The van der Waals surface area contributed by atoms with Crippen molar-refractivity contribution in [3.63, 3.8) is 0 Å². The van der Waals surface area contributed by atoms with Crippen LogP contribution in [-0.4, -0.2) is 25.5 Å². The van der Waals surface area contributed by atoms with Gasteiger partial charge in [0.25, 0.3) is 0 Å². The molecule has 210 valence electrons. The zero-order valence-electron chi connectivity index (χ0n) is 22.5. The van der Waals surface area contributed by atoms with E-state index in [1.54, 1.807) is 0 Å². The Morgan fingerprint density at radius 3 is 1.22 bits per heavy atom. The standard InChI is InChI=1S/C9H15NO.2C8H14N2O.3CH4/c1-6(2)8-5-9(7(3)4)11-10-8;1-5(2)7-9-10-8(11-7)6(3)4;1-5(2)7-9-8(6(3)4)11-10-7;;;/h5-7H,1-4H3;2*5-6H,1-4H3;3*1H4. The van der Waals surface area contributed by atoms with Crippen LogP contribution < -0.4 is 0 Å². The van der Waals surface area contributed by atoms with Gasteiger partial charge in [0.1, 0.15) is 5.76 Å². The molecular weight excluding hydrogens is 454 g/mol. The van der Waals surface area contributed by atoms with Crippen LogP contribution in [0.3, 0.4) is 0 Å². The summed E-state index contributed by atoms with van der Waals surface area (Å²) in [5.74, 6) is 6.21. The van der Waals surface area contributed by atoms with Crippen LogP contribution >= 0.6 is 0 Å². The van der Waals surface area contributed by atoms with Crippen molar-refractivity contribution in [2.45, 2.75) is 141 Å². The predicted octanol–water partition coefficient (Wildman–Crippen LogP) is 9.46. The first-order chi connectivity index (χ1) is 15.3. The molecule has 0 aliphatic carbocycles. The van der Waals surface area contributed by atoms with Crippen LogP contribution in [0.15, 0.2) is 19.5 Å². The lowest BCUT2D eigenvalue weighted by Gasteiger charge is -1.96. The van der Waals surface area contributed by atoms with Crippen molar-refractivity contribution in [1.82, 2.24) is 25.5 Å². The molecule has 0 saturated heterocycles. The van der Waals surface area contributed by atoms with Gasteiger partial charge < -0.3 is 13.5 Å². The van der Waals surface area contributed by atoms with Crippen LogP contribution in [-0.2, 0) is 0 Å². The zero-order chi connectivity index (χ0) is 25.3. The van der Waals surface area contributed by atoms with E-state index in [9.17, 15) is 0 Å². The average Bonchev–Trinajstić information content (AvgIpc) is 3.49. The van der Waals surface area contributed by atoms with Gasteiger partial charge in [-0.25, -0.2) is 0 Å². The quantitative estimate of drug-likeness (QED) is 0.323. The van der Waals surface area contributed by atoms with Crippen LogP contribution in [0.2, 0.25) is 0 Å². The Morgan fingerprint density at radius 2 is 1.00 bits per heavy atom. The molecule has 3 aromatic heterocycles. The van der Waals surface area contributed by atoms with Crippen LogP contribution in [0.1, 0.15) is 176 Å². The van der Waals surface area contributed by atoms with Gasteiger partial charge in [0.05, 0.1) is 5.69 Å². The van der Waals surface area contributed by atoms with E-state index in [0.717, 1.165) is 35.0 Å². The molecule has 0 amide bonds. The van der Waals surface area contributed by atoms with Crippen molar-refractivity contribution in [2.24, 2.45) is 0 Å². The van der Waals surface area contributed by atoms with E-state index < -0.39 is 0 Å². The molecule has 3 aromatic rings. The second-order valence-electron chi connectivity index (χ2n) is 10.1. The molecule has 0 atom stereocenters.